The summed E-state index contributed by atoms with van der Waals surface area (Å²) in [6, 6.07) is 19.1. The number of rotatable bonds is 9. The third-order valence-electron chi connectivity index (χ3n) is 7.23. The Morgan fingerprint density at radius 2 is 1.89 bits per heavy atom. The minimum atomic E-state index is 0.0343. The highest BCUT2D eigenvalue weighted by Crippen LogP contribution is 2.51. The molecule has 1 fully saturated rings. The zero-order chi connectivity index (χ0) is 24.5. The average molecular weight is 470 g/mol. The van der Waals surface area contributed by atoms with Crippen LogP contribution in [0.2, 0.25) is 0 Å². The van der Waals surface area contributed by atoms with E-state index in [1.165, 1.54) is 33.2 Å². The molecule has 1 amide bonds. The Hall–Kier alpha value is -3.31. The van der Waals surface area contributed by atoms with E-state index in [4.69, 9.17) is 4.42 Å². The monoisotopic (exact) mass is 469 g/mol. The molecular weight excluding hydrogens is 434 g/mol. The highest BCUT2D eigenvalue weighted by atomic mass is 16.3. The van der Waals surface area contributed by atoms with E-state index in [0.717, 1.165) is 25.3 Å². The number of aryl methyl sites for hydroxylation is 2. The van der Waals surface area contributed by atoms with Gasteiger partial charge >= 0.3 is 0 Å². The molecule has 0 saturated heterocycles. The molecule has 35 heavy (non-hydrogen) atoms. The van der Waals surface area contributed by atoms with Crippen molar-refractivity contribution in [2.45, 2.75) is 39.3 Å². The molecule has 182 valence electrons. The Morgan fingerprint density at radius 1 is 1.06 bits per heavy atom. The summed E-state index contributed by atoms with van der Waals surface area (Å²) in [5.74, 6) is 1.37. The lowest BCUT2D eigenvalue weighted by atomic mass is 10.1. The van der Waals surface area contributed by atoms with Crippen LogP contribution < -0.4 is 0 Å². The smallest absolute Gasteiger partial charge is 0.226 e. The Balaban J connectivity index is 1.39. The van der Waals surface area contributed by atoms with Gasteiger partial charge in [-0.2, -0.15) is 0 Å². The van der Waals surface area contributed by atoms with E-state index in [9.17, 15) is 4.79 Å². The van der Waals surface area contributed by atoms with Gasteiger partial charge in [0.2, 0.25) is 5.91 Å². The molecule has 0 bridgehead atoms. The number of para-hydroxylation sites is 1. The first-order chi connectivity index (χ1) is 16.9. The molecular formula is C30H35N3O2. The number of likely N-dealkylation sites (N-methyl/N-ethyl adjacent to an activating group) is 1. The molecule has 5 rings (SSSR count). The van der Waals surface area contributed by atoms with Gasteiger partial charge in [0.1, 0.15) is 5.76 Å². The van der Waals surface area contributed by atoms with Crippen LogP contribution in [0.4, 0.5) is 0 Å². The molecule has 2 heterocycles. The lowest BCUT2D eigenvalue weighted by Gasteiger charge is -2.24. The molecule has 1 aliphatic carbocycles. The number of fused-ring (bicyclic) bond motifs is 1. The molecule has 0 aliphatic heterocycles. The van der Waals surface area contributed by atoms with Gasteiger partial charge in [-0.25, -0.2) is 0 Å². The van der Waals surface area contributed by atoms with Crippen molar-refractivity contribution < 1.29 is 9.21 Å². The average Bonchev–Trinajstić information content (AvgIpc) is 3.29. The first-order valence-corrected chi connectivity index (χ1v) is 12.5. The van der Waals surface area contributed by atoms with Crippen LogP contribution in [0.1, 0.15) is 40.4 Å². The fourth-order valence-corrected chi connectivity index (χ4v) is 5.08. The lowest BCUT2D eigenvalue weighted by Crippen LogP contribution is -2.37. The number of benzene rings is 2. The number of carbonyl (C=O) groups excluding carboxylic acids is 1. The van der Waals surface area contributed by atoms with Crippen LogP contribution in [-0.2, 0) is 17.9 Å². The van der Waals surface area contributed by atoms with Crippen LogP contribution in [0.3, 0.4) is 0 Å². The largest absolute Gasteiger partial charge is 0.467 e. The number of furan rings is 1. The van der Waals surface area contributed by atoms with E-state index in [1.807, 2.05) is 31.1 Å². The Bertz CT molecular complexity index is 1320. The van der Waals surface area contributed by atoms with Gasteiger partial charge in [-0.15, -0.1) is 0 Å². The Labute approximate surface area is 207 Å². The van der Waals surface area contributed by atoms with Crippen LogP contribution >= 0.6 is 0 Å². The third-order valence-corrected chi connectivity index (χ3v) is 7.23. The van der Waals surface area contributed by atoms with Crippen molar-refractivity contribution in [1.82, 2.24) is 14.4 Å². The van der Waals surface area contributed by atoms with Crippen molar-refractivity contribution in [3.63, 3.8) is 0 Å². The van der Waals surface area contributed by atoms with Gasteiger partial charge in [0.15, 0.2) is 0 Å². The molecule has 2 aromatic heterocycles. The van der Waals surface area contributed by atoms with Gasteiger partial charge in [0, 0.05) is 42.7 Å². The van der Waals surface area contributed by atoms with E-state index < -0.39 is 0 Å². The van der Waals surface area contributed by atoms with Gasteiger partial charge in [-0.3, -0.25) is 4.79 Å². The summed E-state index contributed by atoms with van der Waals surface area (Å²) < 4.78 is 7.92. The summed E-state index contributed by atoms with van der Waals surface area (Å²) in [7, 11) is 4.08. The maximum absolute atomic E-state index is 13.6. The van der Waals surface area contributed by atoms with Crippen molar-refractivity contribution in [1.29, 1.82) is 0 Å². The van der Waals surface area contributed by atoms with E-state index in [1.54, 1.807) is 6.26 Å². The number of nitrogens with zero attached hydrogens (tertiary/aromatic N) is 3. The quantitative estimate of drug-likeness (QED) is 0.321. The van der Waals surface area contributed by atoms with E-state index in [-0.39, 0.29) is 17.7 Å². The van der Waals surface area contributed by atoms with Gasteiger partial charge in [-0.05, 0) is 75.2 Å². The standard InChI is InChI=1S/C30H35N3O2/c1-21-11-12-22(2)23(16-21)18-33-20-28(25-9-5-6-10-29(25)33)26-17-27(26)30(34)32(14-13-31(3)4)19-24-8-7-15-35-24/h5-12,15-16,20,26-27H,13-14,17-19H2,1-4H3/t26-,27-/m0/s1. The summed E-state index contributed by atoms with van der Waals surface area (Å²) in [4.78, 5) is 17.7. The van der Waals surface area contributed by atoms with Gasteiger partial charge < -0.3 is 18.8 Å². The topological polar surface area (TPSA) is 41.6 Å². The number of hydrogen-bond acceptors (Lipinski definition) is 3. The van der Waals surface area contributed by atoms with E-state index in [2.05, 4.69) is 72.0 Å². The van der Waals surface area contributed by atoms with Crippen LogP contribution in [0, 0.1) is 19.8 Å². The summed E-state index contributed by atoms with van der Waals surface area (Å²) in [6.07, 6.45) is 4.88. The second kappa shape index (κ2) is 9.74. The summed E-state index contributed by atoms with van der Waals surface area (Å²) in [5.41, 5.74) is 6.47. The fourth-order valence-electron chi connectivity index (χ4n) is 5.08. The first-order valence-electron chi connectivity index (χ1n) is 12.5. The maximum atomic E-state index is 13.6. The molecule has 0 radical (unpaired) electrons. The fraction of sp³-hybridized carbons (Fsp3) is 0.367. The summed E-state index contributed by atoms with van der Waals surface area (Å²) in [6.45, 7) is 7.22. The molecule has 2 aromatic carbocycles. The van der Waals surface area contributed by atoms with Gasteiger partial charge in [0.05, 0.1) is 12.8 Å². The summed E-state index contributed by atoms with van der Waals surface area (Å²) >= 11 is 0. The minimum absolute atomic E-state index is 0.0343. The molecule has 4 aromatic rings. The highest BCUT2D eigenvalue weighted by Gasteiger charge is 2.47. The van der Waals surface area contributed by atoms with Crippen molar-refractivity contribution in [3.8, 4) is 0 Å². The van der Waals surface area contributed by atoms with Crippen molar-refractivity contribution >= 4 is 16.8 Å². The third kappa shape index (κ3) is 5.06. The number of hydrogen-bond donors (Lipinski definition) is 0. The number of amides is 1. The van der Waals surface area contributed by atoms with Crippen molar-refractivity contribution in [2.24, 2.45) is 5.92 Å². The molecule has 0 N–H and O–H groups in total. The number of carbonyl (C=O) groups is 1. The molecule has 1 aliphatic rings. The molecule has 0 spiro atoms. The van der Waals surface area contributed by atoms with Crippen molar-refractivity contribution in [2.75, 3.05) is 27.2 Å². The number of aromatic nitrogens is 1. The zero-order valence-electron chi connectivity index (χ0n) is 21.2. The molecule has 5 nitrogen and oxygen atoms in total. The highest BCUT2D eigenvalue weighted by molar-refractivity contribution is 5.89. The van der Waals surface area contributed by atoms with Crippen LogP contribution in [0.5, 0.6) is 0 Å². The van der Waals surface area contributed by atoms with Crippen molar-refractivity contribution in [3.05, 3.63) is 95.1 Å². The lowest BCUT2D eigenvalue weighted by molar-refractivity contribution is -0.133. The Kier molecular flexibility index (Phi) is 6.52. The Morgan fingerprint density at radius 3 is 2.66 bits per heavy atom. The predicted octanol–water partition coefficient (Wildman–Crippen LogP) is 5.59. The predicted molar refractivity (Wildman–Crippen MR) is 140 cm³/mol. The van der Waals surface area contributed by atoms with Gasteiger partial charge in [0.25, 0.3) is 0 Å². The van der Waals surface area contributed by atoms with Crippen LogP contribution in [0.15, 0.2) is 71.5 Å². The van der Waals surface area contributed by atoms with Crippen LogP contribution in [-0.4, -0.2) is 47.5 Å². The second-order valence-electron chi connectivity index (χ2n) is 10.3. The minimum Gasteiger partial charge on any atom is -0.467 e. The van der Waals surface area contributed by atoms with E-state index >= 15 is 0 Å². The molecule has 2 atom stereocenters. The first kappa shape index (κ1) is 23.4. The molecule has 0 unspecified atom stereocenters. The second-order valence-corrected chi connectivity index (χ2v) is 10.3. The SMILES string of the molecule is Cc1ccc(C)c(Cn2cc([C@H]3C[C@@H]3C(=O)N(CCN(C)C)Cc3ccco3)c3ccccc32)c1. The van der Waals surface area contributed by atoms with E-state index in [0.29, 0.717) is 13.1 Å². The maximum Gasteiger partial charge on any atom is 0.226 e. The normalized spacial score (nSPS) is 17.3. The van der Waals surface area contributed by atoms with Gasteiger partial charge in [-0.1, -0.05) is 42.0 Å². The summed E-state index contributed by atoms with van der Waals surface area (Å²) in [5, 5.41) is 1.27. The molecule has 5 heteroatoms. The van der Waals surface area contributed by atoms with Crippen LogP contribution in [0.25, 0.3) is 10.9 Å². The molecule has 1 saturated carbocycles. The zero-order valence-corrected chi connectivity index (χ0v) is 21.2.